The van der Waals surface area contributed by atoms with Crippen LogP contribution in [-0.4, -0.2) is 58.9 Å². The number of hydrogen-bond donors (Lipinski definition) is 3. The second kappa shape index (κ2) is 9.14. The number of carbonyl (C=O) groups is 1. The van der Waals surface area contributed by atoms with Crippen LogP contribution in [-0.2, 0) is 11.3 Å². The third kappa shape index (κ3) is 4.31. The van der Waals surface area contributed by atoms with Gasteiger partial charge in [0.2, 0.25) is 11.9 Å². The van der Waals surface area contributed by atoms with Gasteiger partial charge in [-0.25, -0.2) is 9.37 Å². The Morgan fingerprint density at radius 1 is 1.29 bits per heavy atom. The minimum absolute atomic E-state index is 0.0465. The number of amides is 1. The highest BCUT2D eigenvalue weighted by Gasteiger charge is 2.28. The van der Waals surface area contributed by atoms with Crippen molar-refractivity contribution in [3.8, 4) is 16.8 Å². The average Bonchev–Trinajstić information content (AvgIpc) is 3.57. The first-order valence-corrected chi connectivity index (χ1v) is 11.1. The molecule has 11 nitrogen and oxygen atoms in total. The maximum absolute atomic E-state index is 15.0. The van der Waals surface area contributed by atoms with Gasteiger partial charge in [-0.1, -0.05) is 5.21 Å². The molecule has 5 rings (SSSR count). The molecule has 1 amide bonds. The highest BCUT2D eigenvalue weighted by Crippen LogP contribution is 2.31. The Labute approximate surface area is 193 Å². The lowest BCUT2D eigenvalue weighted by molar-refractivity contribution is -0.121. The van der Waals surface area contributed by atoms with Crippen molar-refractivity contribution in [3.05, 3.63) is 42.6 Å². The number of carbonyl (C=O) groups excluding carboxylic acids is 1. The summed E-state index contributed by atoms with van der Waals surface area (Å²) in [4.78, 5) is 20.2. The van der Waals surface area contributed by atoms with Crippen molar-refractivity contribution in [1.82, 2.24) is 34.7 Å². The summed E-state index contributed by atoms with van der Waals surface area (Å²) >= 11 is 0. The SMILES string of the molecule is NC(=O)[C@@H]1CCC(CNc2ncc3nnn(-c4ccc(-c5cnn(CCO)c5)c(F)c4)c3n2)C1. The minimum Gasteiger partial charge on any atom is -0.394 e. The quantitative estimate of drug-likeness (QED) is 0.354. The van der Waals surface area contributed by atoms with Crippen LogP contribution in [0.1, 0.15) is 19.3 Å². The third-order valence-electron chi connectivity index (χ3n) is 6.16. The molecule has 0 spiro atoms. The zero-order valence-corrected chi connectivity index (χ0v) is 18.3. The lowest BCUT2D eigenvalue weighted by atomic mass is 10.0. The van der Waals surface area contributed by atoms with E-state index >= 15 is 0 Å². The number of aromatic nitrogens is 7. The Hall–Kier alpha value is -3.93. The molecule has 1 aromatic carbocycles. The van der Waals surface area contributed by atoms with Crippen molar-refractivity contribution < 1.29 is 14.3 Å². The molecule has 4 aromatic rings. The molecule has 4 N–H and O–H groups in total. The zero-order chi connectivity index (χ0) is 23.7. The van der Waals surface area contributed by atoms with Gasteiger partial charge in [-0.2, -0.15) is 14.8 Å². The Balaban J connectivity index is 1.35. The lowest BCUT2D eigenvalue weighted by Gasteiger charge is -2.11. The fraction of sp³-hybridized carbons (Fsp3) is 0.364. The van der Waals surface area contributed by atoms with Crippen LogP contribution >= 0.6 is 0 Å². The average molecular weight is 465 g/mol. The van der Waals surface area contributed by atoms with Crippen molar-refractivity contribution in [1.29, 1.82) is 0 Å². The standard InChI is InChI=1S/C22H24FN9O2/c23-18-8-16(3-4-17(18)15-10-27-31(12-15)5-6-33)32-21-19(29-30-32)11-26-22(28-21)25-9-13-1-2-14(7-13)20(24)34/h3-4,8,10-14,33H,1-2,5-7,9H2,(H2,24,34)(H,25,26,28)/t13?,14-/m1/s1. The van der Waals surface area contributed by atoms with Crippen LogP contribution in [0.5, 0.6) is 0 Å². The van der Waals surface area contributed by atoms with Gasteiger partial charge in [0.15, 0.2) is 11.2 Å². The molecule has 0 aliphatic heterocycles. The van der Waals surface area contributed by atoms with Gasteiger partial charge in [0, 0.05) is 35.9 Å². The van der Waals surface area contributed by atoms with Gasteiger partial charge in [-0.05, 0) is 37.3 Å². The Bertz CT molecular complexity index is 1340. The molecule has 1 aliphatic rings. The number of halogens is 1. The smallest absolute Gasteiger partial charge is 0.224 e. The van der Waals surface area contributed by atoms with Gasteiger partial charge in [-0.15, -0.1) is 5.10 Å². The number of rotatable bonds is 8. The lowest BCUT2D eigenvalue weighted by Crippen LogP contribution is -2.21. The van der Waals surface area contributed by atoms with E-state index in [9.17, 15) is 9.18 Å². The second-order valence-electron chi connectivity index (χ2n) is 8.44. The Morgan fingerprint density at radius 2 is 2.18 bits per heavy atom. The van der Waals surface area contributed by atoms with E-state index in [4.69, 9.17) is 10.8 Å². The number of primary amides is 1. The van der Waals surface area contributed by atoms with Crippen LogP contribution in [0.15, 0.2) is 36.8 Å². The first kappa shape index (κ1) is 21.9. The number of aliphatic hydroxyl groups is 1. The molecule has 34 heavy (non-hydrogen) atoms. The van der Waals surface area contributed by atoms with Crippen LogP contribution in [0.25, 0.3) is 28.0 Å². The molecule has 1 unspecified atom stereocenters. The van der Waals surface area contributed by atoms with Crippen LogP contribution in [0.4, 0.5) is 10.3 Å². The number of nitrogens with zero attached hydrogens (tertiary/aromatic N) is 7. The van der Waals surface area contributed by atoms with Crippen molar-refractivity contribution in [3.63, 3.8) is 0 Å². The number of benzene rings is 1. The summed E-state index contributed by atoms with van der Waals surface area (Å²) in [5.41, 5.74) is 7.81. The van der Waals surface area contributed by atoms with E-state index in [0.717, 1.165) is 19.3 Å². The summed E-state index contributed by atoms with van der Waals surface area (Å²) in [5, 5.41) is 24.6. The van der Waals surface area contributed by atoms with E-state index in [1.807, 2.05) is 0 Å². The van der Waals surface area contributed by atoms with Crippen molar-refractivity contribution in [2.24, 2.45) is 17.6 Å². The molecule has 3 aromatic heterocycles. The van der Waals surface area contributed by atoms with Gasteiger partial charge in [-0.3, -0.25) is 9.48 Å². The van der Waals surface area contributed by atoms with E-state index in [0.29, 0.717) is 52.9 Å². The molecule has 1 aliphatic carbocycles. The highest BCUT2D eigenvalue weighted by atomic mass is 19.1. The van der Waals surface area contributed by atoms with E-state index in [1.165, 1.54) is 10.7 Å². The fourth-order valence-corrected chi connectivity index (χ4v) is 4.34. The summed E-state index contributed by atoms with van der Waals surface area (Å²) in [7, 11) is 0. The Morgan fingerprint density at radius 3 is 2.94 bits per heavy atom. The van der Waals surface area contributed by atoms with E-state index in [-0.39, 0.29) is 18.4 Å². The van der Waals surface area contributed by atoms with Crippen molar-refractivity contribution in [2.75, 3.05) is 18.5 Å². The molecular formula is C22H24FN9O2. The molecule has 12 heteroatoms. The first-order valence-electron chi connectivity index (χ1n) is 11.1. The van der Waals surface area contributed by atoms with Crippen LogP contribution in [0, 0.1) is 17.7 Å². The maximum Gasteiger partial charge on any atom is 0.224 e. The van der Waals surface area contributed by atoms with Gasteiger partial charge in [0.1, 0.15) is 5.82 Å². The van der Waals surface area contributed by atoms with Crippen molar-refractivity contribution >= 4 is 23.0 Å². The predicted molar refractivity (Wildman–Crippen MR) is 121 cm³/mol. The maximum atomic E-state index is 15.0. The summed E-state index contributed by atoms with van der Waals surface area (Å²) < 4.78 is 18.0. The van der Waals surface area contributed by atoms with Gasteiger partial charge >= 0.3 is 0 Å². The Kier molecular flexibility index (Phi) is 5.88. The van der Waals surface area contributed by atoms with E-state index in [2.05, 4.69) is 30.7 Å². The number of nitrogens with two attached hydrogens (primary N) is 1. The van der Waals surface area contributed by atoms with E-state index < -0.39 is 5.82 Å². The molecule has 0 saturated heterocycles. The zero-order valence-electron chi connectivity index (χ0n) is 18.3. The van der Waals surface area contributed by atoms with Crippen LogP contribution < -0.4 is 11.1 Å². The van der Waals surface area contributed by atoms with Crippen LogP contribution in [0.2, 0.25) is 0 Å². The van der Waals surface area contributed by atoms with Gasteiger partial charge in [0.25, 0.3) is 0 Å². The number of nitrogens with one attached hydrogen (secondary N) is 1. The molecule has 2 atom stereocenters. The molecular weight excluding hydrogens is 441 g/mol. The topological polar surface area (TPSA) is 150 Å². The molecule has 1 fully saturated rings. The van der Waals surface area contributed by atoms with Gasteiger partial charge in [0.05, 0.1) is 31.2 Å². The number of aliphatic hydroxyl groups excluding tert-OH is 1. The van der Waals surface area contributed by atoms with E-state index in [1.54, 1.807) is 35.4 Å². The number of anilines is 1. The fourth-order valence-electron chi connectivity index (χ4n) is 4.34. The molecule has 0 radical (unpaired) electrons. The normalized spacial score (nSPS) is 17.9. The second-order valence-corrected chi connectivity index (χ2v) is 8.44. The van der Waals surface area contributed by atoms with Crippen molar-refractivity contribution in [2.45, 2.75) is 25.8 Å². The number of hydrogen-bond acceptors (Lipinski definition) is 8. The largest absolute Gasteiger partial charge is 0.394 e. The third-order valence-corrected chi connectivity index (χ3v) is 6.16. The molecule has 0 bridgehead atoms. The highest BCUT2D eigenvalue weighted by molar-refractivity contribution is 5.77. The molecule has 3 heterocycles. The minimum atomic E-state index is -0.442. The first-order chi connectivity index (χ1) is 16.5. The number of fused-ring (bicyclic) bond motifs is 1. The predicted octanol–water partition coefficient (Wildman–Crippen LogP) is 1.52. The monoisotopic (exact) mass is 465 g/mol. The molecule has 1 saturated carbocycles. The summed E-state index contributed by atoms with van der Waals surface area (Å²) in [6.45, 7) is 0.923. The molecule has 176 valence electrons. The summed E-state index contributed by atoms with van der Waals surface area (Å²) in [6, 6.07) is 4.74. The summed E-state index contributed by atoms with van der Waals surface area (Å²) in [6.07, 6.45) is 7.29. The van der Waals surface area contributed by atoms with Crippen LogP contribution in [0.3, 0.4) is 0 Å². The van der Waals surface area contributed by atoms with Gasteiger partial charge < -0.3 is 16.2 Å². The summed E-state index contributed by atoms with van der Waals surface area (Å²) in [5.74, 6) is -0.0207.